The third kappa shape index (κ3) is 5.11. The second-order valence-corrected chi connectivity index (χ2v) is 5.63. The Hall–Kier alpha value is 0.110. The zero-order valence-corrected chi connectivity index (χ0v) is 10.8. The third-order valence-electron chi connectivity index (χ3n) is 2.59. The molecule has 1 N–H and O–H groups in total. The molecule has 86 valence electrons. The van der Waals surface area contributed by atoms with Gasteiger partial charge in [-0.25, -0.2) is 0 Å². The van der Waals surface area contributed by atoms with Crippen molar-refractivity contribution in [2.75, 3.05) is 12.3 Å². The molecule has 0 heterocycles. The van der Waals surface area contributed by atoms with Crippen LogP contribution in [-0.2, 0) is 10.8 Å². The standard InChI is InChI=1S/C11H25NOS/c1-5-8-9-14(13)10(4)11(6-2)12-7-3/h10-12H,5-9H2,1-4H3. The molecule has 3 atom stereocenters. The van der Waals surface area contributed by atoms with Crippen molar-refractivity contribution in [1.82, 2.24) is 5.32 Å². The Bertz CT molecular complexity index is 161. The molecule has 0 bridgehead atoms. The summed E-state index contributed by atoms with van der Waals surface area (Å²) in [7, 11) is -0.659. The first-order valence-corrected chi connectivity index (χ1v) is 7.16. The van der Waals surface area contributed by atoms with Crippen LogP contribution in [0.4, 0.5) is 0 Å². The van der Waals surface area contributed by atoms with Crippen molar-refractivity contribution in [3.8, 4) is 0 Å². The molecule has 0 aliphatic rings. The van der Waals surface area contributed by atoms with Crippen molar-refractivity contribution in [1.29, 1.82) is 0 Å². The van der Waals surface area contributed by atoms with E-state index >= 15 is 0 Å². The fraction of sp³-hybridized carbons (Fsp3) is 1.00. The number of rotatable bonds is 8. The van der Waals surface area contributed by atoms with Crippen LogP contribution in [0.15, 0.2) is 0 Å². The smallest absolute Gasteiger partial charge is 0.0472 e. The van der Waals surface area contributed by atoms with Crippen LogP contribution in [0.25, 0.3) is 0 Å². The zero-order valence-electron chi connectivity index (χ0n) is 10.0. The van der Waals surface area contributed by atoms with Crippen molar-refractivity contribution < 1.29 is 4.21 Å². The monoisotopic (exact) mass is 219 g/mol. The first-order valence-electron chi connectivity index (χ1n) is 5.77. The zero-order chi connectivity index (χ0) is 11.0. The maximum absolute atomic E-state index is 11.8. The molecule has 0 aliphatic heterocycles. The van der Waals surface area contributed by atoms with E-state index < -0.39 is 10.8 Å². The maximum Gasteiger partial charge on any atom is 0.0472 e. The summed E-state index contributed by atoms with van der Waals surface area (Å²) in [6, 6.07) is 0.415. The Kier molecular flexibility index (Phi) is 8.49. The molecule has 0 saturated carbocycles. The number of hydrogen-bond donors (Lipinski definition) is 1. The first-order chi connectivity index (χ1) is 6.67. The summed E-state index contributed by atoms with van der Waals surface area (Å²) in [6.45, 7) is 9.46. The van der Waals surface area contributed by atoms with Gasteiger partial charge in [0.15, 0.2) is 0 Å². The average molecular weight is 219 g/mol. The van der Waals surface area contributed by atoms with E-state index in [1.54, 1.807) is 0 Å². The Morgan fingerprint density at radius 1 is 1.29 bits per heavy atom. The Labute approximate surface area is 91.3 Å². The summed E-state index contributed by atoms with van der Waals surface area (Å²) < 4.78 is 11.8. The summed E-state index contributed by atoms with van der Waals surface area (Å²) >= 11 is 0. The maximum atomic E-state index is 11.8. The SMILES string of the molecule is CCCCS(=O)C(C)C(CC)NCC. The molecule has 0 fully saturated rings. The van der Waals surface area contributed by atoms with Gasteiger partial charge in [-0.1, -0.05) is 27.2 Å². The van der Waals surface area contributed by atoms with Gasteiger partial charge in [0.25, 0.3) is 0 Å². The van der Waals surface area contributed by atoms with E-state index in [4.69, 9.17) is 0 Å². The molecule has 0 radical (unpaired) electrons. The van der Waals surface area contributed by atoms with Gasteiger partial charge >= 0.3 is 0 Å². The van der Waals surface area contributed by atoms with E-state index in [2.05, 4.69) is 33.0 Å². The molecule has 3 heteroatoms. The minimum absolute atomic E-state index is 0.284. The van der Waals surface area contributed by atoms with Crippen molar-refractivity contribution in [2.24, 2.45) is 0 Å². The molecule has 0 amide bonds. The van der Waals surface area contributed by atoms with Crippen LogP contribution in [0.3, 0.4) is 0 Å². The van der Waals surface area contributed by atoms with Gasteiger partial charge in [0.05, 0.1) is 0 Å². The second kappa shape index (κ2) is 8.42. The van der Waals surface area contributed by atoms with Crippen LogP contribution in [0.5, 0.6) is 0 Å². The van der Waals surface area contributed by atoms with Gasteiger partial charge in [-0.3, -0.25) is 4.21 Å². The minimum Gasteiger partial charge on any atom is -0.313 e. The van der Waals surface area contributed by atoms with Crippen molar-refractivity contribution >= 4 is 10.8 Å². The lowest BCUT2D eigenvalue weighted by Gasteiger charge is -2.22. The van der Waals surface area contributed by atoms with Crippen molar-refractivity contribution in [3.63, 3.8) is 0 Å². The predicted octanol–water partition coefficient (Wildman–Crippen LogP) is 2.31. The van der Waals surface area contributed by atoms with Crippen LogP contribution in [0.2, 0.25) is 0 Å². The molecule has 0 aliphatic carbocycles. The molecular formula is C11H25NOS. The molecule has 0 saturated heterocycles. The summed E-state index contributed by atoms with van der Waals surface area (Å²) in [4.78, 5) is 0. The van der Waals surface area contributed by atoms with E-state index in [1.165, 1.54) is 0 Å². The molecule has 0 aromatic carbocycles. The van der Waals surface area contributed by atoms with Gasteiger partial charge < -0.3 is 5.32 Å². The summed E-state index contributed by atoms with van der Waals surface area (Å²) in [6.07, 6.45) is 3.28. The number of hydrogen-bond acceptors (Lipinski definition) is 2. The molecule has 0 aromatic heterocycles. The molecule has 14 heavy (non-hydrogen) atoms. The second-order valence-electron chi connectivity index (χ2n) is 3.72. The minimum atomic E-state index is -0.659. The average Bonchev–Trinajstić information content (AvgIpc) is 2.21. The van der Waals surface area contributed by atoms with Crippen molar-refractivity contribution in [3.05, 3.63) is 0 Å². The predicted molar refractivity (Wildman–Crippen MR) is 65.1 cm³/mol. The van der Waals surface area contributed by atoms with Crippen LogP contribution < -0.4 is 5.32 Å². The number of nitrogens with one attached hydrogen (secondary N) is 1. The lowest BCUT2D eigenvalue weighted by atomic mass is 10.2. The van der Waals surface area contributed by atoms with Crippen molar-refractivity contribution in [2.45, 2.75) is 58.2 Å². The Morgan fingerprint density at radius 2 is 1.93 bits per heavy atom. The topological polar surface area (TPSA) is 29.1 Å². The van der Waals surface area contributed by atoms with E-state index in [0.717, 1.165) is 31.6 Å². The molecule has 0 rings (SSSR count). The van der Waals surface area contributed by atoms with Gasteiger partial charge in [0.1, 0.15) is 0 Å². The van der Waals surface area contributed by atoms with Gasteiger partial charge in [-0.05, 0) is 26.3 Å². The van der Waals surface area contributed by atoms with Gasteiger partial charge in [-0.15, -0.1) is 0 Å². The normalized spacial score (nSPS) is 17.7. The fourth-order valence-electron chi connectivity index (χ4n) is 1.56. The van der Waals surface area contributed by atoms with E-state index in [1.807, 2.05) is 0 Å². The fourth-order valence-corrected chi connectivity index (χ4v) is 3.16. The van der Waals surface area contributed by atoms with Crippen LogP contribution in [-0.4, -0.2) is 27.8 Å². The lowest BCUT2D eigenvalue weighted by Crippen LogP contribution is -2.40. The highest BCUT2D eigenvalue weighted by molar-refractivity contribution is 7.85. The van der Waals surface area contributed by atoms with Gasteiger partial charge in [0, 0.05) is 27.8 Å². The van der Waals surface area contributed by atoms with Crippen LogP contribution in [0, 0.1) is 0 Å². The lowest BCUT2D eigenvalue weighted by molar-refractivity contribution is 0.500. The summed E-state index contributed by atoms with van der Waals surface area (Å²) in [5, 5.41) is 3.68. The highest BCUT2D eigenvalue weighted by atomic mass is 32.2. The molecule has 0 aromatic rings. The number of unbranched alkanes of at least 4 members (excludes halogenated alkanes) is 1. The summed E-state index contributed by atoms with van der Waals surface area (Å²) in [5.74, 6) is 0.861. The Morgan fingerprint density at radius 3 is 2.36 bits per heavy atom. The van der Waals surface area contributed by atoms with E-state index in [-0.39, 0.29) is 5.25 Å². The van der Waals surface area contributed by atoms with Crippen LogP contribution >= 0.6 is 0 Å². The summed E-state index contributed by atoms with van der Waals surface area (Å²) in [5.41, 5.74) is 0. The van der Waals surface area contributed by atoms with E-state index in [9.17, 15) is 4.21 Å². The highest BCUT2D eigenvalue weighted by Crippen LogP contribution is 2.08. The highest BCUT2D eigenvalue weighted by Gasteiger charge is 2.19. The Balaban J connectivity index is 3.98. The molecule has 2 nitrogen and oxygen atoms in total. The quantitative estimate of drug-likeness (QED) is 0.679. The molecular weight excluding hydrogens is 194 g/mol. The van der Waals surface area contributed by atoms with Crippen LogP contribution in [0.1, 0.15) is 47.0 Å². The van der Waals surface area contributed by atoms with Gasteiger partial charge in [0.2, 0.25) is 0 Å². The molecule has 3 unspecified atom stereocenters. The first kappa shape index (κ1) is 14.1. The largest absolute Gasteiger partial charge is 0.313 e. The van der Waals surface area contributed by atoms with Gasteiger partial charge in [-0.2, -0.15) is 0 Å². The molecule has 0 spiro atoms. The third-order valence-corrected chi connectivity index (χ3v) is 4.44. The van der Waals surface area contributed by atoms with E-state index in [0.29, 0.717) is 6.04 Å².